The first kappa shape index (κ1) is 13.8. The Balaban J connectivity index is 2.63. The van der Waals surface area contributed by atoms with Gasteiger partial charge in [-0.05, 0) is 18.1 Å². The SMILES string of the molecule is COc1cc(Cl)cc(-c2noc(CN)n2)c1C(C)C. The summed E-state index contributed by atoms with van der Waals surface area (Å²) >= 11 is 6.11. The highest BCUT2D eigenvalue weighted by Gasteiger charge is 2.19. The molecule has 0 fully saturated rings. The second kappa shape index (κ2) is 5.59. The molecule has 2 N–H and O–H groups in total. The Bertz CT molecular complexity index is 581. The highest BCUT2D eigenvalue weighted by Crippen LogP contribution is 2.37. The van der Waals surface area contributed by atoms with E-state index in [1.54, 1.807) is 13.2 Å². The van der Waals surface area contributed by atoms with E-state index in [0.29, 0.717) is 16.7 Å². The van der Waals surface area contributed by atoms with Crippen LogP contribution in [-0.2, 0) is 6.54 Å². The number of hydrogen-bond acceptors (Lipinski definition) is 5. The maximum Gasteiger partial charge on any atom is 0.240 e. The number of nitrogens with two attached hydrogens (primary N) is 1. The lowest BCUT2D eigenvalue weighted by molar-refractivity contribution is 0.380. The number of ether oxygens (including phenoxy) is 1. The van der Waals surface area contributed by atoms with Gasteiger partial charge in [0.15, 0.2) is 0 Å². The van der Waals surface area contributed by atoms with E-state index in [2.05, 4.69) is 24.0 Å². The van der Waals surface area contributed by atoms with E-state index in [1.165, 1.54) is 0 Å². The molecule has 102 valence electrons. The van der Waals surface area contributed by atoms with Gasteiger partial charge in [-0.25, -0.2) is 0 Å². The van der Waals surface area contributed by atoms with E-state index in [9.17, 15) is 0 Å². The number of benzene rings is 1. The van der Waals surface area contributed by atoms with Crippen molar-refractivity contribution in [2.24, 2.45) is 5.73 Å². The van der Waals surface area contributed by atoms with E-state index >= 15 is 0 Å². The van der Waals surface area contributed by atoms with Gasteiger partial charge in [-0.1, -0.05) is 30.6 Å². The van der Waals surface area contributed by atoms with Crippen molar-refractivity contribution in [2.75, 3.05) is 7.11 Å². The van der Waals surface area contributed by atoms with Crippen LogP contribution in [0, 0.1) is 0 Å². The minimum absolute atomic E-state index is 0.210. The molecule has 0 unspecified atom stereocenters. The molecule has 0 bridgehead atoms. The number of nitrogens with zero attached hydrogens (tertiary/aromatic N) is 2. The van der Waals surface area contributed by atoms with Crippen molar-refractivity contribution in [3.63, 3.8) is 0 Å². The Hall–Kier alpha value is -1.59. The zero-order chi connectivity index (χ0) is 14.0. The van der Waals surface area contributed by atoms with Crippen LogP contribution in [0.5, 0.6) is 5.75 Å². The van der Waals surface area contributed by atoms with Crippen molar-refractivity contribution in [2.45, 2.75) is 26.3 Å². The van der Waals surface area contributed by atoms with E-state index in [4.69, 9.17) is 26.6 Å². The molecule has 5 nitrogen and oxygen atoms in total. The number of methoxy groups -OCH3 is 1. The number of halogens is 1. The Morgan fingerprint density at radius 2 is 2.16 bits per heavy atom. The molecule has 0 saturated carbocycles. The lowest BCUT2D eigenvalue weighted by Crippen LogP contribution is -2.00. The summed E-state index contributed by atoms with van der Waals surface area (Å²) in [6.45, 7) is 4.35. The topological polar surface area (TPSA) is 74.2 Å². The van der Waals surface area contributed by atoms with Gasteiger partial charge in [-0.15, -0.1) is 0 Å². The largest absolute Gasteiger partial charge is 0.496 e. The first-order valence-corrected chi connectivity index (χ1v) is 6.35. The molecule has 0 aliphatic rings. The monoisotopic (exact) mass is 281 g/mol. The van der Waals surface area contributed by atoms with Gasteiger partial charge in [0.2, 0.25) is 11.7 Å². The van der Waals surface area contributed by atoms with Crippen LogP contribution in [0.3, 0.4) is 0 Å². The molecule has 1 aromatic carbocycles. The summed E-state index contributed by atoms with van der Waals surface area (Å²) in [7, 11) is 1.61. The first-order chi connectivity index (χ1) is 9.06. The van der Waals surface area contributed by atoms with Crippen LogP contribution in [0.1, 0.15) is 31.2 Å². The third kappa shape index (κ3) is 2.72. The van der Waals surface area contributed by atoms with Crippen molar-refractivity contribution in [3.8, 4) is 17.1 Å². The predicted molar refractivity (Wildman–Crippen MR) is 73.3 cm³/mol. The standard InChI is InChI=1S/C13H16ClN3O2/c1-7(2)12-9(4-8(14)5-10(12)18-3)13-16-11(6-15)19-17-13/h4-5,7H,6,15H2,1-3H3. The van der Waals surface area contributed by atoms with Crippen molar-refractivity contribution in [3.05, 3.63) is 28.6 Å². The van der Waals surface area contributed by atoms with Crippen LogP contribution in [0.2, 0.25) is 5.02 Å². The average molecular weight is 282 g/mol. The third-order valence-corrected chi connectivity index (χ3v) is 3.01. The summed E-state index contributed by atoms with van der Waals surface area (Å²) in [6.07, 6.45) is 0. The summed E-state index contributed by atoms with van der Waals surface area (Å²) in [5.74, 6) is 1.83. The Labute approximate surface area is 116 Å². The van der Waals surface area contributed by atoms with Gasteiger partial charge in [-0.3, -0.25) is 0 Å². The maximum atomic E-state index is 6.11. The molecule has 1 heterocycles. The number of aromatic nitrogens is 2. The van der Waals surface area contributed by atoms with Crippen molar-refractivity contribution < 1.29 is 9.26 Å². The smallest absolute Gasteiger partial charge is 0.240 e. The lowest BCUT2D eigenvalue weighted by Gasteiger charge is -2.15. The van der Waals surface area contributed by atoms with Gasteiger partial charge in [0, 0.05) is 16.1 Å². The van der Waals surface area contributed by atoms with E-state index in [-0.39, 0.29) is 12.5 Å². The fraction of sp³-hybridized carbons (Fsp3) is 0.385. The Kier molecular flexibility index (Phi) is 4.07. The molecule has 0 aliphatic heterocycles. The molecule has 2 aromatic rings. The van der Waals surface area contributed by atoms with Crippen LogP contribution >= 0.6 is 11.6 Å². The highest BCUT2D eigenvalue weighted by atomic mass is 35.5. The molecule has 19 heavy (non-hydrogen) atoms. The van der Waals surface area contributed by atoms with E-state index in [1.807, 2.05) is 6.07 Å². The van der Waals surface area contributed by atoms with Gasteiger partial charge in [-0.2, -0.15) is 4.98 Å². The minimum atomic E-state index is 0.210. The second-order valence-corrected chi connectivity index (χ2v) is 4.88. The number of rotatable bonds is 4. The fourth-order valence-electron chi connectivity index (χ4n) is 1.99. The highest BCUT2D eigenvalue weighted by molar-refractivity contribution is 6.31. The van der Waals surface area contributed by atoms with Crippen LogP contribution in [0.25, 0.3) is 11.4 Å². The summed E-state index contributed by atoms with van der Waals surface area (Å²) in [4.78, 5) is 4.24. The Morgan fingerprint density at radius 1 is 1.42 bits per heavy atom. The third-order valence-electron chi connectivity index (χ3n) is 2.79. The number of hydrogen-bond donors (Lipinski definition) is 1. The fourth-order valence-corrected chi connectivity index (χ4v) is 2.20. The van der Waals surface area contributed by atoms with Gasteiger partial charge < -0.3 is 15.0 Å². The maximum absolute atomic E-state index is 6.11. The molecule has 0 aliphatic carbocycles. The minimum Gasteiger partial charge on any atom is -0.496 e. The predicted octanol–water partition coefficient (Wildman–Crippen LogP) is 2.98. The van der Waals surface area contributed by atoms with Gasteiger partial charge in [0.25, 0.3) is 0 Å². The summed E-state index contributed by atoms with van der Waals surface area (Å²) < 4.78 is 10.4. The van der Waals surface area contributed by atoms with Gasteiger partial charge in [0.05, 0.1) is 13.7 Å². The summed E-state index contributed by atoms with van der Waals surface area (Å²) in [5.41, 5.74) is 7.28. The van der Waals surface area contributed by atoms with Crippen LogP contribution in [-0.4, -0.2) is 17.3 Å². The molecule has 0 radical (unpaired) electrons. The molecule has 6 heteroatoms. The molecule has 0 saturated heterocycles. The van der Waals surface area contributed by atoms with E-state index in [0.717, 1.165) is 16.9 Å². The normalized spacial score (nSPS) is 11.1. The van der Waals surface area contributed by atoms with Crippen LogP contribution in [0.15, 0.2) is 16.7 Å². The first-order valence-electron chi connectivity index (χ1n) is 5.97. The molecule has 0 spiro atoms. The van der Waals surface area contributed by atoms with Crippen molar-refractivity contribution in [1.29, 1.82) is 0 Å². The van der Waals surface area contributed by atoms with Crippen molar-refractivity contribution in [1.82, 2.24) is 10.1 Å². The zero-order valence-corrected chi connectivity index (χ0v) is 11.9. The quantitative estimate of drug-likeness (QED) is 0.932. The summed E-state index contributed by atoms with van der Waals surface area (Å²) in [6, 6.07) is 3.59. The van der Waals surface area contributed by atoms with Crippen LogP contribution < -0.4 is 10.5 Å². The molecular formula is C13H16ClN3O2. The average Bonchev–Trinajstić information content (AvgIpc) is 2.85. The molecule has 0 atom stereocenters. The van der Waals surface area contributed by atoms with Gasteiger partial charge >= 0.3 is 0 Å². The second-order valence-electron chi connectivity index (χ2n) is 4.44. The summed E-state index contributed by atoms with van der Waals surface area (Å²) in [5, 5.41) is 4.50. The molecule has 0 amide bonds. The molecule has 2 rings (SSSR count). The lowest BCUT2D eigenvalue weighted by atomic mass is 9.95. The molecular weight excluding hydrogens is 266 g/mol. The molecule has 1 aromatic heterocycles. The van der Waals surface area contributed by atoms with Crippen LogP contribution in [0.4, 0.5) is 0 Å². The Morgan fingerprint density at radius 3 is 2.68 bits per heavy atom. The zero-order valence-electron chi connectivity index (χ0n) is 11.1. The van der Waals surface area contributed by atoms with Crippen molar-refractivity contribution >= 4 is 11.6 Å². The van der Waals surface area contributed by atoms with E-state index < -0.39 is 0 Å². The van der Waals surface area contributed by atoms with Gasteiger partial charge in [0.1, 0.15) is 5.75 Å².